The Bertz CT molecular complexity index is 1260. The number of aryl methyl sites for hydroxylation is 2. The molecule has 0 bridgehead atoms. The second-order valence-electron chi connectivity index (χ2n) is 8.29. The molecule has 1 amide bonds. The lowest BCUT2D eigenvalue weighted by Gasteiger charge is -2.22. The Hall–Kier alpha value is -3.80. The van der Waals surface area contributed by atoms with E-state index in [1.165, 1.54) is 5.56 Å². The third-order valence-electron chi connectivity index (χ3n) is 6.24. The molecule has 0 spiro atoms. The second kappa shape index (κ2) is 9.36. The summed E-state index contributed by atoms with van der Waals surface area (Å²) >= 11 is 0. The Morgan fingerprint density at radius 3 is 2.42 bits per heavy atom. The van der Waals surface area contributed by atoms with E-state index in [0.29, 0.717) is 11.3 Å². The average molecular weight is 443 g/mol. The normalized spacial score (nSPS) is 12.9. The fourth-order valence-corrected chi connectivity index (χ4v) is 4.53. The molecule has 4 rings (SSSR count). The monoisotopic (exact) mass is 442 g/mol. The van der Waals surface area contributed by atoms with Crippen molar-refractivity contribution in [1.29, 1.82) is 0 Å². The van der Waals surface area contributed by atoms with Gasteiger partial charge in [0.15, 0.2) is 0 Å². The number of ether oxygens (including phenoxy) is 1. The minimum Gasteiger partial charge on any atom is -0.496 e. The molecular formula is C27H30N4O2. The van der Waals surface area contributed by atoms with E-state index in [-0.39, 0.29) is 11.9 Å². The molecule has 0 radical (unpaired) electrons. The molecule has 0 aliphatic heterocycles. The molecule has 2 heterocycles. The molecule has 170 valence electrons. The fourth-order valence-electron chi connectivity index (χ4n) is 4.53. The van der Waals surface area contributed by atoms with E-state index >= 15 is 0 Å². The summed E-state index contributed by atoms with van der Waals surface area (Å²) in [6.07, 6.45) is 3.61. The average Bonchev–Trinajstić information content (AvgIpc) is 3.39. The quantitative estimate of drug-likeness (QED) is 0.439. The van der Waals surface area contributed by atoms with Gasteiger partial charge in [-0.2, -0.15) is 0 Å². The maximum atomic E-state index is 13.6. The van der Waals surface area contributed by atoms with E-state index in [2.05, 4.69) is 33.9 Å². The van der Waals surface area contributed by atoms with Crippen LogP contribution in [0.3, 0.4) is 0 Å². The number of hydrogen-bond donors (Lipinski definition) is 1. The smallest absolute Gasteiger partial charge is 0.253 e. The lowest BCUT2D eigenvalue weighted by Crippen LogP contribution is -2.31. The Labute approximate surface area is 194 Å². The number of carbonyl (C=O) groups excluding carboxylic acids is 1. The Morgan fingerprint density at radius 1 is 1.06 bits per heavy atom. The molecule has 2 unspecified atom stereocenters. The van der Waals surface area contributed by atoms with Crippen molar-refractivity contribution in [2.75, 3.05) is 7.11 Å². The summed E-state index contributed by atoms with van der Waals surface area (Å²) in [5, 5.41) is 3.21. The van der Waals surface area contributed by atoms with Crippen molar-refractivity contribution in [3.8, 4) is 5.75 Å². The van der Waals surface area contributed by atoms with Crippen molar-refractivity contribution in [3.63, 3.8) is 0 Å². The molecule has 2 aromatic carbocycles. The number of nitrogens with one attached hydrogen (secondary N) is 1. The Balaban J connectivity index is 1.71. The molecule has 0 aliphatic rings. The third kappa shape index (κ3) is 4.29. The Kier molecular flexibility index (Phi) is 6.36. The van der Waals surface area contributed by atoms with Crippen LogP contribution in [0.5, 0.6) is 5.75 Å². The van der Waals surface area contributed by atoms with Crippen LogP contribution in [-0.2, 0) is 7.05 Å². The lowest BCUT2D eigenvalue weighted by atomic mass is 10.0. The van der Waals surface area contributed by atoms with E-state index in [4.69, 9.17) is 4.74 Å². The van der Waals surface area contributed by atoms with Crippen LogP contribution in [0.2, 0.25) is 0 Å². The van der Waals surface area contributed by atoms with E-state index in [9.17, 15) is 4.79 Å². The number of amides is 1. The zero-order chi connectivity index (χ0) is 23.5. The first-order valence-corrected chi connectivity index (χ1v) is 11.1. The number of methoxy groups -OCH3 is 1. The van der Waals surface area contributed by atoms with Gasteiger partial charge >= 0.3 is 0 Å². The molecule has 0 fully saturated rings. The SMILES string of the molecule is COc1ccccc1C(NC(=O)c1cc(C)n(C(C)c2ccccc2)c1C)c1nccn1C. The zero-order valence-corrected chi connectivity index (χ0v) is 19.7. The van der Waals surface area contributed by atoms with Gasteiger partial charge in [0, 0.05) is 36.4 Å². The molecule has 6 heteroatoms. The highest BCUT2D eigenvalue weighted by Crippen LogP contribution is 2.30. The van der Waals surface area contributed by atoms with Crippen LogP contribution >= 0.6 is 0 Å². The molecule has 2 aromatic heterocycles. The third-order valence-corrected chi connectivity index (χ3v) is 6.24. The number of imidazole rings is 1. The van der Waals surface area contributed by atoms with Gasteiger partial charge in [0.25, 0.3) is 5.91 Å². The maximum Gasteiger partial charge on any atom is 0.253 e. The van der Waals surface area contributed by atoms with E-state index < -0.39 is 6.04 Å². The summed E-state index contributed by atoms with van der Waals surface area (Å²) in [6, 6.07) is 19.6. The molecule has 6 nitrogen and oxygen atoms in total. The Morgan fingerprint density at radius 2 is 1.76 bits per heavy atom. The minimum absolute atomic E-state index is 0.118. The van der Waals surface area contributed by atoms with Crippen LogP contribution in [0, 0.1) is 13.8 Å². The van der Waals surface area contributed by atoms with Gasteiger partial charge < -0.3 is 19.2 Å². The van der Waals surface area contributed by atoms with Crippen molar-refractivity contribution < 1.29 is 9.53 Å². The summed E-state index contributed by atoms with van der Waals surface area (Å²) in [4.78, 5) is 18.1. The van der Waals surface area contributed by atoms with Crippen LogP contribution in [0.1, 0.15) is 57.7 Å². The number of rotatable bonds is 7. The molecule has 1 N–H and O–H groups in total. The van der Waals surface area contributed by atoms with Gasteiger partial charge in [-0.1, -0.05) is 48.5 Å². The number of nitrogens with zero attached hydrogens (tertiary/aromatic N) is 3. The maximum absolute atomic E-state index is 13.6. The van der Waals surface area contributed by atoms with Crippen LogP contribution in [-0.4, -0.2) is 27.1 Å². The number of aromatic nitrogens is 3. The summed E-state index contributed by atoms with van der Waals surface area (Å²) in [5.41, 5.74) is 4.68. The predicted octanol–water partition coefficient (Wildman–Crippen LogP) is 4.98. The summed E-state index contributed by atoms with van der Waals surface area (Å²) in [7, 11) is 3.55. The molecule has 2 atom stereocenters. The number of para-hydroxylation sites is 1. The van der Waals surface area contributed by atoms with Gasteiger partial charge in [-0.3, -0.25) is 4.79 Å². The fraction of sp³-hybridized carbons (Fsp3) is 0.259. The number of hydrogen-bond acceptors (Lipinski definition) is 3. The minimum atomic E-state index is -0.455. The lowest BCUT2D eigenvalue weighted by molar-refractivity contribution is 0.0940. The van der Waals surface area contributed by atoms with Crippen LogP contribution in [0.25, 0.3) is 0 Å². The van der Waals surface area contributed by atoms with Gasteiger partial charge in [-0.05, 0) is 38.5 Å². The highest BCUT2D eigenvalue weighted by Gasteiger charge is 2.27. The first-order chi connectivity index (χ1) is 15.9. The standard InChI is InChI=1S/C27H30N4O2/c1-18-17-23(20(3)31(18)19(2)21-11-7-6-8-12-21)27(32)29-25(26-28-15-16-30(26)4)22-13-9-10-14-24(22)33-5/h6-17,19,25H,1-5H3,(H,29,32). The highest BCUT2D eigenvalue weighted by atomic mass is 16.5. The van der Waals surface area contributed by atoms with Crippen LogP contribution in [0.4, 0.5) is 0 Å². The summed E-state index contributed by atoms with van der Waals surface area (Å²) < 4.78 is 9.71. The van der Waals surface area contributed by atoms with Crippen molar-refractivity contribution >= 4 is 5.91 Å². The van der Waals surface area contributed by atoms with Crippen molar-refractivity contribution in [3.05, 3.63) is 107 Å². The van der Waals surface area contributed by atoms with E-state index in [1.807, 2.05) is 80.2 Å². The van der Waals surface area contributed by atoms with Crippen molar-refractivity contribution in [2.24, 2.45) is 7.05 Å². The first-order valence-electron chi connectivity index (χ1n) is 11.1. The second-order valence-corrected chi connectivity index (χ2v) is 8.29. The van der Waals surface area contributed by atoms with Gasteiger partial charge in [0.05, 0.1) is 18.7 Å². The topological polar surface area (TPSA) is 61.1 Å². The van der Waals surface area contributed by atoms with Crippen molar-refractivity contribution in [1.82, 2.24) is 19.4 Å². The molecule has 0 saturated carbocycles. The van der Waals surface area contributed by atoms with Gasteiger partial charge in [-0.15, -0.1) is 0 Å². The van der Waals surface area contributed by atoms with E-state index in [1.54, 1.807) is 13.3 Å². The number of carbonyl (C=O) groups is 1. The van der Waals surface area contributed by atoms with Gasteiger partial charge in [0.1, 0.15) is 17.6 Å². The van der Waals surface area contributed by atoms with Gasteiger partial charge in [0.2, 0.25) is 0 Å². The van der Waals surface area contributed by atoms with Crippen LogP contribution < -0.4 is 10.1 Å². The number of benzene rings is 2. The highest BCUT2D eigenvalue weighted by molar-refractivity contribution is 5.96. The molecule has 33 heavy (non-hydrogen) atoms. The van der Waals surface area contributed by atoms with Crippen molar-refractivity contribution in [2.45, 2.75) is 32.9 Å². The summed E-state index contributed by atoms with van der Waals surface area (Å²) in [6.45, 7) is 6.20. The zero-order valence-electron chi connectivity index (χ0n) is 19.7. The van der Waals surface area contributed by atoms with Gasteiger partial charge in [-0.25, -0.2) is 4.98 Å². The molecular weight excluding hydrogens is 412 g/mol. The molecule has 0 aliphatic carbocycles. The molecule has 0 saturated heterocycles. The van der Waals surface area contributed by atoms with E-state index in [0.717, 1.165) is 22.8 Å². The van der Waals surface area contributed by atoms with Crippen LogP contribution in [0.15, 0.2) is 73.1 Å². The first kappa shape index (κ1) is 22.4. The molecule has 4 aromatic rings. The summed E-state index contributed by atoms with van der Waals surface area (Å²) in [5.74, 6) is 1.29. The predicted molar refractivity (Wildman–Crippen MR) is 130 cm³/mol. The largest absolute Gasteiger partial charge is 0.496 e.